The molecule has 0 saturated carbocycles. The van der Waals surface area contributed by atoms with E-state index in [-0.39, 0.29) is 0 Å². The lowest BCUT2D eigenvalue weighted by molar-refractivity contribution is 1.18. The van der Waals surface area contributed by atoms with Gasteiger partial charge in [0.1, 0.15) is 0 Å². The maximum atomic E-state index is 2.45. The quantitative estimate of drug-likeness (QED) is 0.148. The monoisotopic (exact) mass is 820 g/mol. The molecule has 0 aliphatic carbocycles. The Bertz CT molecular complexity index is 3610. The van der Waals surface area contributed by atoms with Gasteiger partial charge in [-0.25, -0.2) is 0 Å². The van der Waals surface area contributed by atoms with E-state index < -0.39 is 0 Å². The van der Waals surface area contributed by atoms with Gasteiger partial charge >= 0.3 is 0 Å². The normalized spacial score (nSPS) is 11.5. The zero-order chi connectivity index (χ0) is 41.7. The number of nitrogens with zero attached hydrogens (tertiary/aromatic N) is 2. The fraction of sp³-hybridized carbons (Fsp3) is 0. The Labute approximate surface area is 370 Å². The average molecular weight is 821 g/mol. The van der Waals surface area contributed by atoms with Crippen molar-refractivity contribution in [2.75, 3.05) is 4.90 Å². The Morgan fingerprint density at radius 3 is 1.48 bits per heavy atom. The molecule has 0 atom stereocenters. The number of thiophene rings is 1. The van der Waals surface area contributed by atoms with Crippen molar-refractivity contribution in [3.63, 3.8) is 0 Å². The first kappa shape index (κ1) is 36.8. The van der Waals surface area contributed by atoms with Gasteiger partial charge in [0.05, 0.1) is 11.0 Å². The third kappa shape index (κ3) is 6.41. The van der Waals surface area contributed by atoms with Crippen molar-refractivity contribution in [1.29, 1.82) is 0 Å². The molecule has 0 bridgehead atoms. The van der Waals surface area contributed by atoms with E-state index in [4.69, 9.17) is 0 Å². The summed E-state index contributed by atoms with van der Waals surface area (Å²) in [5.74, 6) is 0. The first-order chi connectivity index (χ1) is 31.3. The van der Waals surface area contributed by atoms with E-state index in [2.05, 4.69) is 252 Å². The smallest absolute Gasteiger partial charge is 0.0561 e. The van der Waals surface area contributed by atoms with Crippen LogP contribution in [0.2, 0.25) is 0 Å². The Morgan fingerprint density at radius 1 is 0.302 bits per heavy atom. The van der Waals surface area contributed by atoms with Gasteiger partial charge in [-0.3, -0.25) is 0 Å². The van der Waals surface area contributed by atoms with Crippen LogP contribution in [0.4, 0.5) is 17.1 Å². The molecule has 0 saturated heterocycles. The highest BCUT2D eigenvalue weighted by Crippen LogP contribution is 2.47. The van der Waals surface area contributed by atoms with Crippen molar-refractivity contribution in [1.82, 2.24) is 4.57 Å². The fourth-order valence-electron chi connectivity index (χ4n) is 9.52. The summed E-state index contributed by atoms with van der Waals surface area (Å²) in [6.07, 6.45) is 0. The lowest BCUT2D eigenvalue weighted by Crippen LogP contribution is -2.11. The molecule has 2 heterocycles. The summed E-state index contributed by atoms with van der Waals surface area (Å²) >= 11 is 1.88. The Balaban J connectivity index is 1.13. The predicted molar refractivity (Wildman–Crippen MR) is 270 cm³/mol. The van der Waals surface area contributed by atoms with E-state index in [1.54, 1.807) is 0 Å². The number of aromatic nitrogens is 1. The first-order valence-electron chi connectivity index (χ1n) is 21.5. The van der Waals surface area contributed by atoms with Crippen molar-refractivity contribution in [3.05, 3.63) is 243 Å². The van der Waals surface area contributed by atoms with Gasteiger partial charge in [0.15, 0.2) is 0 Å². The van der Waals surface area contributed by atoms with Crippen LogP contribution in [0.25, 0.3) is 92.2 Å². The molecule has 12 aromatic rings. The van der Waals surface area contributed by atoms with Gasteiger partial charge in [0, 0.05) is 59.3 Å². The molecule has 3 heteroatoms. The van der Waals surface area contributed by atoms with Gasteiger partial charge in [-0.05, 0) is 99.6 Å². The molecular formula is C60H40N2S. The lowest BCUT2D eigenvalue weighted by Gasteiger charge is -2.28. The largest absolute Gasteiger partial charge is 0.310 e. The van der Waals surface area contributed by atoms with E-state index in [0.717, 1.165) is 28.3 Å². The van der Waals surface area contributed by atoms with Gasteiger partial charge in [-0.1, -0.05) is 182 Å². The van der Waals surface area contributed by atoms with Crippen LogP contribution >= 0.6 is 11.3 Å². The second kappa shape index (κ2) is 15.5. The Kier molecular flexibility index (Phi) is 9.06. The van der Waals surface area contributed by atoms with E-state index in [1.807, 2.05) is 11.3 Å². The highest BCUT2D eigenvalue weighted by Gasteiger charge is 2.22. The van der Waals surface area contributed by atoms with Crippen molar-refractivity contribution in [2.24, 2.45) is 0 Å². The lowest BCUT2D eigenvalue weighted by atomic mass is 9.92. The molecule has 2 nitrogen and oxygen atoms in total. The fourth-order valence-corrected chi connectivity index (χ4v) is 10.8. The van der Waals surface area contributed by atoms with Crippen molar-refractivity contribution in [2.45, 2.75) is 0 Å². The van der Waals surface area contributed by atoms with Crippen LogP contribution in [0.1, 0.15) is 0 Å². The SMILES string of the molecule is c1ccc(-c2ccc(N(c3ccc(-c4cccc5c4sc4ccccc45)c(-c4ccccc4)c3)c3ccc4c5ccccc5n(-c5ccccc5)c4c3)cc2-c2ccccc2)cc1. The molecule has 0 radical (unpaired) electrons. The van der Waals surface area contributed by atoms with Crippen molar-refractivity contribution >= 4 is 70.4 Å². The average Bonchev–Trinajstić information content (AvgIpc) is 3.91. The highest BCUT2D eigenvalue weighted by atomic mass is 32.1. The number of rotatable bonds is 8. The molecule has 2 aromatic heterocycles. The first-order valence-corrected chi connectivity index (χ1v) is 22.3. The minimum absolute atomic E-state index is 1.08. The Morgan fingerprint density at radius 2 is 0.794 bits per heavy atom. The van der Waals surface area contributed by atoms with Crippen LogP contribution in [-0.2, 0) is 0 Å². The van der Waals surface area contributed by atoms with Crippen LogP contribution in [0, 0.1) is 0 Å². The minimum Gasteiger partial charge on any atom is -0.310 e. The standard InChI is InChI=1S/C60H40N2S/c1-5-18-41(19-6-1)48-35-32-45(38-55(48)42-20-7-2-8-21-42)61(47-34-37-51-50-26-13-15-30-57(50)62(58(51)40-47)44-24-11-4-12-25-44)46-33-36-49(56(39-46)43-22-9-3-10-23-43)53-28-17-29-54-52-27-14-16-31-59(52)63-60(53)54/h1-40H. The third-order valence-corrected chi connectivity index (χ3v) is 13.6. The molecule has 10 aromatic carbocycles. The molecule has 296 valence electrons. The number of anilines is 3. The van der Waals surface area contributed by atoms with Gasteiger partial charge < -0.3 is 9.47 Å². The maximum absolute atomic E-state index is 2.45. The van der Waals surface area contributed by atoms with Crippen LogP contribution in [0.3, 0.4) is 0 Å². The summed E-state index contributed by atoms with van der Waals surface area (Å²) in [7, 11) is 0. The van der Waals surface area contributed by atoms with E-state index >= 15 is 0 Å². The topological polar surface area (TPSA) is 8.17 Å². The van der Waals surface area contributed by atoms with Gasteiger partial charge in [-0.2, -0.15) is 0 Å². The van der Waals surface area contributed by atoms with Gasteiger partial charge in [0.25, 0.3) is 0 Å². The number of benzene rings is 10. The summed E-state index contributed by atoms with van der Waals surface area (Å²) in [4.78, 5) is 2.45. The molecule has 0 aliphatic heterocycles. The molecule has 12 rings (SSSR count). The van der Waals surface area contributed by atoms with E-state index in [9.17, 15) is 0 Å². The number of para-hydroxylation sites is 2. The van der Waals surface area contributed by atoms with Gasteiger partial charge in [0.2, 0.25) is 0 Å². The molecule has 0 N–H and O–H groups in total. The molecule has 63 heavy (non-hydrogen) atoms. The summed E-state index contributed by atoms with van der Waals surface area (Å²) in [5, 5.41) is 5.06. The highest BCUT2D eigenvalue weighted by molar-refractivity contribution is 7.26. The molecule has 0 amide bonds. The zero-order valence-corrected chi connectivity index (χ0v) is 35.2. The van der Waals surface area contributed by atoms with Gasteiger partial charge in [-0.15, -0.1) is 11.3 Å². The molecule has 0 fully saturated rings. The minimum atomic E-state index is 1.08. The van der Waals surface area contributed by atoms with E-state index in [0.29, 0.717) is 0 Å². The van der Waals surface area contributed by atoms with Crippen LogP contribution in [0.5, 0.6) is 0 Å². The summed E-state index contributed by atoms with van der Waals surface area (Å²) in [5.41, 5.74) is 16.3. The molecule has 0 unspecified atom stereocenters. The number of hydrogen-bond donors (Lipinski definition) is 0. The predicted octanol–water partition coefficient (Wildman–Crippen LogP) is 17.3. The summed E-state index contributed by atoms with van der Waals surface area (Å²) in [6, 6.07) is 88.5. The van der Waals surface area contributed by atoms with Crippen molar-refractivity contribution < 1.29 is 0 Å². The van der Waals surface area contributed by atoms with Crippen LogP contribution < -0.4 is 4.90 Å². The number of hydrogen-bond acceptors (Lipinski definition) is 2. The molecule has 0 spiro atoms. The third-order valence-electron chi connectivity index (χ3n) is 12.4. The van der Waals surface area contributed by atoms with Crippen LogP contribution in [-0.4, -0.2) is 4.57 Å². The zero-order valence-electron chi connectivity index (χ0n) is 34.4. The second-order valence-corrected chi connectivity index (χ2v) is 17.1. The number of fused-ring (bicyclic) bond motifs is 6. The second-order valence-electron chi connectivity index (χ2n) is 16.1. The maximum Gasteiger partial charge on any atom is 0.0561 e. The van der Waals surface area contributed by atoms with E-state index in [1.165, 1.54) is 81.0 Å². The van der Waals surface area contributed by atoms with Crippen molar-refractivity contribution in [3.8, 4) is 50.2 Å². The summed E-state index contributed by atoms with van der Waals surface area (Å²) in [6.45, 7) is 0. The molecule has 0 aliphatic rings. The molecular weight excluding hydrogens is 781 g/mol. The van der Waals surface area contributed by atoms with Crippen LogP contribution in [0.15, 0.2) is 243 Å². The summed E-state index contributed by atoms with van der Waals surface area (Å²) < 4.78 is 5.02. The Hall–Kier alpha value is -7.98.